The average Bonchev–Trinajstić information content (AvgIpc) is 2.17. The van der Waals surface area contributed by atoms with E-state index in [2.05, 4.69) is 0 Å². The number of nitrogens with two attached hydrogens (primary N) is 1. The number of alkyl halides is 3. The molecule has 1 atom stereocenters. The predicted octanol–water partition coefficient (Wildman–Crippen LogP) is 4.07. The van der Waals surface area contributed by atoms with E-state index in [9.17, 15) is 13.2 Å². The van der Waals surface area contributed by atoms with Crippen molar-refractivity contribution in [2.45, 2.75) is 38.9 Å². The fourth-order valence-corrected chi connectivity index (χ4v) is 1.65. The molecule has 1 aromatic rings. The molecule has 0 aromatic heterocycles. The Kier molecular flexibility index (Phi) is 5.99. The van der Waals surface area contributed by atoms with Crippen LogP contribution in [-0.2, 0) is 0 Å². The summed E-state index contributed by atoms with van der Waals surface area (Å²) in [6.45, 7) is 3.81. The van der Waals surface area contributed by atoms with E-state index in [1.165, 1.54) is 0 Å². The summed E-state index contributed by atoms with van der Waals surface area (Å²) in [5.74, 6) is 0. The first-order chi connectivity index (χ1) is 7.31. The molecule has 1 nitrogen and oxygen atoms in total. The molecule has 5 heteroatoms. The number of halogens is 4. The maximum atomic E-state index is 12.1. The lowest BCUT2D eigenvalue weighted by atomic mass is 9.95. The van der Waals surface area contributed by atoms with Crippen LogP contribution in [0.5, 0.6) is 0 Å². The van der Waals surface area contributed by atoms with Gasteiger partial charge in [0.25, 0.3) is 0 Å². The molecular weight excluding hydrogens is 251 g/mol. The van der Waals surface area contributed by atoms with Crippen LogP contribution in [-0.4, -0.2) is 6.18 Å². The van der Waals surface area contributed by atoms with Gasteiger partial charge in [-0.15, -0.1) is 12.4 Å². The van der Waals surface area contributed by atoms with Crippen LogP contribution in [0.3, 0.4) is 0 Å². The Balaban J connectivity index is 0.00000256. The summed E-state index contributed by atoms with van der Waals surface area (Å²) in [6, 6.07) is 5.01. The highest BCUT2D eigenvalue weighted by atomic mass is 35.5. The van der Waals surface area contributed by atoms with E-state index in [0.29, 0.717) is 0 Å². The molecule has 0 radical (unpaired) electrons. The Bertz CT molecular complexity index is 363. The van der Waals surface area contributed by atoms with E-state index >= 15 is 0 Å². The molecule has 0 bridgehead atoms. The number of hydrogen-bond acceptors (Lipinski definition) is 1. The standard InChI is InChI=1S/C12H16F3N.ClH/c1-8-4-3-5-10(9(8)2)11(16)6-7-12(13,14)15;/h3-5,11H,6-7,16H2,1-2H3;1H/t11-;/m1./s1. The Hall–Kier alpha value is -0.740. The molecule has 2 N–H and O–H groups in total. The Labute approximate surface area is 106 Å². The summed E-state index contributed by atoms with van der Waals surface area (Å²) < 4.78 is 36.2. The minimum Gasteiger partial charge on any atom is -0.324 e. The molecule has 0 heterocycles. The van der Waals surface area contributed by atoms with Gasteiger partial charge in [-0.25, -0.2) is 0 Å². The van der Waals surface area contributed by atoms with E-state index < -0.39 is 18.6 Å². The number of benzene rings is 1. The van der Waals surface area contributed by atoms with Crippen LogP contribution in [0.25, 0.3) is 0 Å². The molecule has 1 aromatic carbocycles. The lowest BCUT2D eigenvalue weighted by molar-refractivity contribution is -0.136. The van der Waals surface area contributed by atoms with Crippen molar-refractivity contribution in [3.8, 4) is 0 Å². The summed E-state index contributed by atoms with van der Waals surface area (Å²) in [4.78, 5) is 0. The first kappa shape index (κ1) is 16.3. The second-order valence-corrected chi connectivity index (χ2v) is 4.05. The van der Waals surface area contributed by atoms with Gasteiger partial charge in [0.05, 0.1) is 0 Å². The van der Waals surface area contributed by atoms with Crippen LogP contribution >= 0.6 is 12.4 Å². The summed E-state index contributed by atoms with van der Waals surface area (Å²) in [6.07, 6.45) is -5.02. The molecule has 98 valence electrons. The first-order valence-corrected chi connectivity index (χ1v) is 5.19. The molecule has 0 aliphatic carbocycles. The predicted molar refractivity (Wildman–Crippen MR) is 65.4 cm³/mol. The highest BCUT2D eigenvalue weighted by molar-refractivity contribution is 5.85. The monoisotopic (exact) mass is 267 g/mol. The van der Waals surface area contributed by atoms with Crippen molar-refractivity contribution in [3.05, 3.63) is 34.9 Å². The van der Waals surface area contributed by atoms with Gasteiger partial charge in [-0.1, -0.05) is 18.2 Å². The van der Waals surface area contributed by atoms with Crippen molar-refractivity contribution >= 4 is 12.4 Å². The van der Waals surface area contributed by atoms with E-state index in [-0.39, 0.29) is 18.8 Å². The van der Waals surface area contributed by atoms with Crippen LogP contribution < -0.4 is 5.73 Å². The van der Waals surface area contributed by atoms with Crippen molar-refractivity contribution in [2.75, 3.05) is 0 Å². The van der Waals surface area contributed by atoms with Crippen molar-refractivity contribution < 1.29 is 13.2 Å². The van der Waals surface area contributed by atoms with E-state index in [4.69, 9.17) is 5.73 Å². The highest BCUT2D eigenvalue weighted by Gasteiger charge is 2.28. The largest absolute Gasteiger partial charge is 0.389 e. The number of aryl methyl sites for hydroxylation is 1. The van der Waals surface area contributed by atoms with Gasteiger partial charge in [-0.3, -0.25) is 0 Å². The van der Waals surface area contributed by atoms with Crippen LogP contribution in [0.4, 0.5) is 13.2 Å². The molecule has 0 aliphatic rings. The second-order valence-electron chi connectivity index (χ2n) is 4.05. The van der Waals surface area contributed by atoms with Gasteiger partial charge in [-0.05, 0) is 37.0 Å². The zero-order valence-corrected chi connectivity index (χ0v) is 10.7. The van der Waals surface area contributed by atoms with Gasteiger partial charge in [0, 0.05) is 12.5 Å². The summed E-state index contributed by atoms with van der Waals surface area (Å²) >= 11 is 0. The molecule has 0 saturated heterocycles. The molecule has 1 rings (SSSR count). The molecule has 0 fully saturated rings. The molecule has 0 aliphatic heterocycles. The lowest BCUT2D eigenvalue weighted by Gasteiger charge is -2.17. The lowest BCUT2D eigenvalue weighted by Crippen LogP contribution is -2.16. The maximum Gasteiger partial charge on any atom is 0.389 e. The van der Waals surface area contributed by atoms with Crippen LogP contribution in [0.1, 0.15) is 35.6 Å². The van der Waals surface area contributed by atoms with Gasteiger partial charge < -0.3 is 5.73 Å². The Morgan fingerprint density at radius 2 is 1.82 bits per heavy atom. The van der Waals surface area contributed by atoms with Crippen LogP contribution in [0.15, 0.2) is 18.2 Å². The van der Waals surface area contributed by atoms with Gasteiger partial charge >= 0.3 is 6.18 Å². The number of hydrogen-bond donors (Lipinski definition) is 1. The van der Waals surface area contributed by atoms with Gasteiger partial charge in [0.2, 0.25) is 0 Å². The topological polar surface area (TPSA) is 26.0 Å². The fourth-order valence-electron chi connectivity index (χ4n) is 1.65. The minimum atomic E-state index is -4.13. The number of rotatable bonds is 3. The van der Waals surface area contributed by atoms with Gasteiger partial charge in [0.1, 0.15) is 0 Å². The summed E-state index contributed by atoms with van der Waals surface area (Å²) in [5, 5.41) is 0. The molecule has 0 amide bonds. The molecular formula is C12H17ClF3N. The van der Waals surface area contributed by atoms with Crippen molar-refractivity contribution in [1.29, 1.82) is 0 Å². The third kappa shape index (κ3) is 4.96. The SMILES string of the molecule is Cc1cccc([C@H](N)CCC(F)(F)F)c1C.Cl. The van der Waals surface area contributed by atoms with Crippen LogP contribution in [0.2, 0.25) is 0 Å². The average molecular weight is 268 g/mol. The van der Waals surface area contributed by atoms with Crippen molar-refractivity contribution in [3.63, 3.8) is 0 Å². The highest BCUT2D eigenvalue weighted by Crippen LogP contribution is 2.28. The molecule has 17 heavy (non-hydrogen) atoms. The van der Waals surface area contributed by atoms with E-state index in [1.807, 2.05) is 26.0 Å². The van der Waals surface area contributed by atoms with Gasteiger partial charge in [-0.2, -0.15) is 13.2 Å². The third-order valence-corrected chi connectivity index (χ3v) is 2.78. The fraction of sp³-hybridized carbons (Fsp3) is 0.500. The zero-order valence-electron chi connectivity index (χ0n) is 9.84. The summed E-state index contributed by atoms with van der Waals surface area (Å²) in [5.41, 5.74) is 8.62. The maximum absolute atomic E-state index is 12.1. The van der Waals surface area contributed by atoms with Gasteiger partial charge in [0.15, 0.2) is 0 Å². The van der Waals surface area contributed by atoms with Crippen molar-refractivity contribution in [2.24, 2.45) is 5.73 Å². The van der Waals surface area contributed by atoms with Crippen LogP contribution in [0, 0.1) is 13.8 Å². The van der Waals surface area contributed by atoms with E-state index in [1.54, 1.807) is 6.07 Å². The third-order valence-electron chi connectivity index (χ3n) is 2.78. The summed E-state index contributed by atoms with van der Waals surface area (Å²) in [7, 11) is 0. The van der Waals surface area contributed by atoms with Crippen molar-refractivity contribution in [1.82, 2.24) is 0 Å². The smallest absolute Gasteiger partial charge is 0.324 e. The molecule has 0 unspecified atom stereocenters. The first-order valence-electron chi connectivity index (χ1n) is 5.19. The Morgan fingerprint density at radius 3 is 2.35 bits per heavy atom. The van der Waals surface area contributed by atoms with E-state index in [0.717, 1.165) is 16.7 Å². The molecule has 0 spiro atoms. The second kappa shape index (κ2) is 6.26. The normalized spacial score (nSPS) is 13.1. The molecule has 0 saturated carbocycles. The Morgan fingerprint density at radius 1 is 1.24 bits per heavy atom. The zero-order chi connectivity index (χ0) is 12.3. The minimum absolute atomic E-state index is 0. The quantitative estimate of drug-likeness (QED) is 0.878.